The molecule has 0 heterocycles. The Balaban J connectivity index is 1.75. The molecule has 4 aliphatic rings. The summed E-state index contributed by atoms with van der Waals surface area (Å²) in [4.78, 5) is 11.8. The first kappa shape index (κ1) is 14.0. The highest BCUT2D eigenvalue weighted by Crippen LogP contribution is 2.71. The molecule has 6 atom stereocenters. The minimum atomic E-state index is -0.0545. The molecule has 4 aliphatic carbocycles. The molecule has 0 radical (unpaired) electrons. The fourth-order valence-electron chi connectivity index (χ4n) is 7.54. The maximum absolute atomic E-state index is 11.8. The topological polar surface area (TPSA) is 17.1 Å². The van der Waals surface area contributed by atoms with Gasteiger partial charge in [-0.1, -0.05) is 32.4 Å². The van der Waals surface area contributed by atoms with Crippen LogP contribution < -0.4 is 0 Å². The van der Waals surface area contributed by atoms with Gasteiger partial charge in [-0.15, -0.1) is 0 Å². The van der Waals surface area contributed by atoms with Crippen molar-refractivity contribution in [1.29, 1.82) is 0 Å². The van der Waals surface area contributed by atoms with Crippen LogP contribution in [0.1, 0.15) is 71.6 Å². The lowest BCUT2D eigenvalue weighted by Crippen LogP contribution is -2.56. The van der Waals surface area contributed by atoms with E-state index in [0.717, 1.165) is 18.3 Å². The summed E-state index contributed by atoms with van der Waals surface area (Å²) in [7, 11) is 0. The lowest BCUT2D eigenvalue weighted by molar-refractivity contribution is -0.157. The number of allylic oxidation sites excluding steroid dienone is 1. The Bertz CT molecular complexity index is 494. The highest BCUT2D eigenvalue weighted by Gasteiger charge is 2.63. The average molecular weight is 286 g/mol. The zero-order chi connectivity index (χ0) is 14.9. The second-order valence-electron chi connectivity index (χ2n) is 9.30. The molecule has 0 aromatic rings. The molecule has 0 saturated heterocycles. The van der Waals surface area contributed by atoms with Gasteiger partial charge in [0.25, 0.3) is 0 Å². The molecular formula is C20H30O. The van der Waals surface area contributed by atoms with E-state index >= 15 is 0 Å². The van der Waals surface area contributed by atoms with Crippen molar-refractivity contribution in [2.24, 2.45) is 34.0 Å². The number of hydrogen-bond donors (Lipinski definition) is 0. The molecule has 4 rings (SSSR count). The third kappa shape index (κ3) is 1.67. The van der Waals surface area contributed by atoms with Gasteiger partial charge in [-0.2, -0.15) is 0 Å². The average Bonchev–Trinajstić information content (AvgIpc) is 2.68. The predicted molar refractivity (Wildman–Crippen MR) is 85.9 cm³/mol. The van der Waals surface area contributed by atoms with Gasteiger partial charge in [-0.05, 0) is 80.0 Å². The van der Waals surface area contributed by atoms with Crippen LogP contribution in [-0.2, 0) is 4.79 Å². The largest absolute Gasteiger partial charge is 0.303 e. The second-order valence-corrected chi connectivity index (χ2v) is 9.30. The molecule has 4 fully saturated rings. The van der Waals surface area contributed by atoms with Gasteiger partial charge in [0.1, 0.15) is 6.29 Å². The van der Waals surface area contributed by atoms with E-state index in [9.17, 15) is 4.79 Å². The van der Waals surface area contributed by atoms with Crippen molar-refractivity contribution in [2.45, 2.75) is 71.6 Å². The van der Waals surface area contributed by atoms with Crippen molar-refractivity contribution in [3.63, 3.8) is 0 Å². The third-order valence-electron chi connectivity index (χ3n) is 8.37. The molecule has 2 bridgehead atoms. The summed E-state index contributed by atoms with van der Waals surface area (Å²) in [6.07, 6.45) is 13.1. The summed E-state index contributed by atoms with van der Waals surface area (Å²) in [5.41, 5.74) is 2.46. The molecule has 0 amide bonds. The molecule has 21 heavy (non-hydrogen) atoms. The van der Waals surface area contributed by atoms with Gasteiger partial charge in [0.15, 0.2) is 0 Å². The molecule has 116 valence electrons. The number of rotatable bonds is 1. The Hall–Kier alpha value is -0.590. The van der Waals surface area contributed by atoms with Gasteiger partial charge in [-0.3, -0.25) is 0 Å². The van der Waals surface area contributed by atoms with Crippen molar-refractivity contribution in [3.05, 3.63) is 12.2 Å². The van der Waals surface area contributed by atoms with E-state index in [1.807, 2.05) is 0 Å². The number of carbonyl (C=O) groups excluding carboxylic acids is 1. The Kier molecular flexibility index (Phi) is 2.83. The minimum absolute atomic E-state index is 0.0545. The lowest BCUT2D eigenvalue weighted by atomic mass is 9.41. The van der Waals surface area contributed by atoms with Gasteiger partial charge < -0.3 is 4.79 Å². The maximum Gasteiger partial charge on any atom is 0.126 e. The molecule has 0 N–H and O–H groups in total. The lowest BCUT2D eigenvalue weighted by Gasteiger charge is -2.63. The smallest absolute Gasteiger partial charge is 0.126 e. The highest BCUT2D eigenvalue weighted by molar-refractivity contribution is 5.60. The number of hydrogen-bond acceptors (Lipinski definition) is 1. The Morgan fingerprint density at radius 3 is 2.67 bits per heavy atom. The van der Waals surface area contributed by atoms with Gasteiger partial charge in [-0.25, -0.2) is 0 Å². The molecule has 4 saturated carbocycles. The molecule has 0 aromatic heterocycles. The van der Waals surface area contributed by atoms with E-state index in [1.54, 1.807) is 5.57 Å². The van der Waals surface area contributed by atoms with Crippen LogP contribution in [0.15, 0.2) is 12.2 Å². The minimum Gasteiger partial charge on any atom is -0.303 e. The van der Waals surface area contributed by atoms with Gasteiger partial charge in [0.2, 0.25) is 0 Å². The Morgan fingerprint density at radius 1 is 1.10 bits per heavy atom. The summed E-state index contributed by atoms with van der Waals surface area (Å²) in [5, 5.41) is 0. The zero-order valence-corrected chi connectivity index (χ0v) is 13.8. The third-order valence-corrected chi connectivity index (χ3v) is 8.37. The van der Waals surface area contributed by atoms with Crippen LogP contribution in [0.3, 0.4) is 0 Å². The van der Waals surface area contributed by atoms with E-state index in [0.29, 0.717) is 16.7 Å². The van der Waals surface area contributed by atoms with Crippen LogP contribution in [0.2, 0.25) is 0 Å². The number of carbonyl (C=O) groups is 1. The molecule has 1 heteroatoms. The maximum atomic E-state index is 11.8. The van der Waals surface area contributed by atoms with Crippen LogP contribution in [0, 0.1) is 34.0 Å². The standard InChI is InChI=1S/C20H30O/c1-14-11-20-10-7-16-18(2,13-21)8-4-9-19(16,3)17(20)6-5-15(14)12-20/h13,15-17H,1,4-12H2,2-3H3/t15-,16-,17+,18-,19-,20-/m1/s1. The van der Waals surface area contributed by atoms with Gasteiger partial charge in [0.05, 0.1) is 0 Å². The van der Waals surface area contributed by atoms with E-state index < -0.39 is 0 Å². The predicted octanol–water partition coefficient (Wildman–Crippen LogP) is 5.15. The first-order valence-electron chi connectivity index (χ1n) is 9.08. The number of aldehydes is 1. The fourth-order valence-corrected chi connectivity index (χ4v) is 7.54. The molecule has 1 nitrogen and oxygen atoms in total. The monoisotopic (exact) mass is 286 g/mol. The zero-order valence-electron chi connectivity index (χ0n) is 13.8. The van der Waals surface area contributed by atoms with Crippen LogP contribution in [0.4, 0.5) is 0 Å². The summed E-state index contributed by atoms with van der Waals surface area (Å²) in [5.74, 6) is 2.29. The van der Waals surface area contributed by atoms with E-state index in [2.05, 4.69) is 20.4 Å². The van der Waals surface area contributed by atoms with Crippen LogP contribution >= 0.6 is 0 Å². The Morgan fingerprint density at radius 2 is 1.90 bits per heavy atom. The number of fused-ring (bicyclic) bond motifs is 3. The second kappa shape index (κ2) is 4.24. The van der Waals surface area contributed by atoms with E-state index in [4.69, 9.17) is 0 Å². The molecule has 0 aromatic carbocycles. The van der Waals surface area contributed by atoms with Crippen LogP contribution in [0.25, 0.3) is 0 Å². The molecular weight excluding hydrogens is 256 g/mol. The molecule has 0 unspecified atom stereocenters. The van der Waals surface area contributed by atoms with Gasteiger partial charge in [0, 0.05) is 5.41 Å². The summed E-state index contributed by atoms with van der Waals surface area (Å²) in [6.45, 7) is 9.19. The van der Waals surface area contributed by atoms with Crippen molar-refractivity contribution in [1.82, 2.24) is 0 Å². The molecule has 1 spiro atoms. The van der Waals surface area contributed by atoms with Crippen LogP contribution in [0.5, 0.6) is 0 Å². The van der Waals surface area contributed by atoms with Crippen molar-refractivity contribution in [3.8, 4) is 0 Å². The molecule has 0 aliphatic heterocycles. The normalized spacial score (nSPS) is 55.7. The first-order valence-corrected chi connectivity index (χ1v) is 9.08. The summed E-state index contributed by atoms with van der Waals surface area (Å²) in [6, 6.07) is 0. The van der Waals surface area contributed by atoms with E-state index in [1.165, 1.54) is 57.7 Å². The van der Waals surface area contributed by atoms with Crippen molar-refractivity contribution >= 4 is 6.29 Å². The van der Waals surface area contributed by atoms with E-state index in [-0.39, 0.29) is 5.41 Å². The summed E-state index contributed by atoms with van der Waals surface area (Å²) >= 11 is 0. The van der Waals surface area contributed by atoms with Gasteiger partial charge >= 0.3 is 0 Å². The SMILES string of the molecule is C=C1C[C@@]23CC[C@H]4[C@@](C)(CCC[C@]4(C)C=O)[C@@H]2CC[C@@H]1C3. The Labute approximate surface area is 129 Å². The first-order chi connectivity index (χ1) is 9.94. The fraction of sp³-hybridized carbons (Fsp3) is 0.850. The van der Waals surface area contributed by atoms with Crippen molar-refractivity contribution in [2.75, 3.05) is 0 Å². The quantitative estimate of drug-likeness (QED) is 0.481. The van der Waals surface area contributed by atoms with Crippen molar-refractivity contribution < 1.29 is 4.79 Å². The highest BCUT2D eigenvalue weighted by atomic mass is 16.1. The van der Waals surface area contributed by atoms with Crippen LogP contribution in [-0.4, -0.2) is 6.29 Å². The summed E-state index contributed by atoms with van der Waals surface area (Å²) < 4.78 is 0.